The van der Waals surface area contributed by atoms with Gasteiger partial charge >= 0.3 is 0 Å². The van der Waals surface area contributed by atoms with Gasteiger partial charge in [-0.1, -0.05) is 33.8 Å². The first-order valence-electron chi connectivity index (χ1n) is 5.66. The van der Waals surface area contributed by atoms with Crippen LogP contribution in [0.4, 0.5) is 0 Å². The number of halogens is 2. The van der Waals surface area contributed by atoms with Crippen LogP contribution in [0.3, 0.4) is 0 Å². The Labute approximate surface area is 123 Å². The molecule has 0 atom stereocenters. The van der Waals surface area contributed by atoms with Gasteiger partial charge in [-0.3, -0.25) is 4.79 Å². The van der Waals surface area contributed by atoms with Crippen molar-refractivity contribution < 1.29 is 4.79 Å². The molecule has 0 bridgehead atoms. The minimum atomic E-state index is -0.324. The summed E-state index contributed by atoms with van der Waals surface area (Å²) in [7, 11) is 0. The molecule has 2 aromatic rings. The van der Waals surface area contributed by atoms with Gasteiger partial charge in [-0.2, -0.15) is 0 Å². The Kier molecular flexibility index (Phi) is 3.20. The van der Waals surface area contributed by atoms with E-state index in [-0.39, 0.29) is 11.4 Å². The highest BCUT2D eigenvalue weighted by atomic mass is 35.5. The summed E-state index contributed by atoms with van der Waals surface area (Å²) in [5.41, 5.74) is 0.655. The Morgan fingerprint density at radius 3 is 2.68 bits per heavy atom. The van der Waals surface area contributed by atoms with E-state index in [1.807, 2.05) is 12.1 Å². The molecule has 1 heterocycles. The topological polar surface area (TPSA) is 54.9 Å². The predicted octanol–water partition coefficient (Wildman–Crippen LogP) is 3.26. The lowest BCUT2D eigenvalue weighted by atomic mass is 10.0. The number of hydrogen-bond acceptors (Lipinski definition) is 4. The number of nitrogens with zero attached hydrogens (tertiary/aromatic N) is 2. The van der Waals surface area contributed by atoms with Crippen LogP contribution in [-0.2, 0) is 5.54 Å². The molecule has 7 heteroatoms. The van der Waals surface area contributed by atoms with Crippen molar-refractivity contribution in [2.75, 3.05) is 0 Å². The van der Waals surface area contributed by atoms with E-state index in [2.05, 4.69) is 14.9 Å². The van der Waals surface area contributed by atoms with Crippen LogP contribution in [0.25, 0.3) is 0 Å². The average Bonchev–Trinajstić information content (AvgIpc) is 2.96. The molecular weight excluding hydrogens is 305 g/mol. The van der Waals surface area contributed by atoms with Crippen molar-refractivity contribution in [3.8, 4) is 0 Å². The summed E-state index contributed by atoms with van der Waals surface area (Å²) in [6.45, 7) is 0. The fraction of sp³-hybridized carbons (Fsp3) is 0.250. The Hall–Kier alpha value is -1.17. The Morgan fingerprint density at radius 2 is 2.11 bits per heavy atom. The van der Waals surface area contributed by atoms with Crippen LogP contribution in [-0.4, -0.2) is 15.5 Å². The first-order chi connectivity index (χ1) is 9.11. The summed E-state index contributed by atoms with van der Waals surface area (Å²) in [6, 6.07) is 5.45. The number of carbonyl (C=O) groups is 1. The second-order valence-corrected chi connectivity index (χ2v) is 6.05. The van der Waals surface area contributed by atoms with Gasteiger partial charge in [0.2, 0.25) is 0 Å². The molecule has 0 aliphatic heterocycles. The monoisotopic (exact) mass is 313 g/mol. The first-order valence-corrected chi connectivity index (χ1v) is 7.19. The Balaban J connectivity index is 1.83. The molecule has 1 saturated carbocycles. The lowest BCUT2D eigenvalue weighted by Crippen LogP contribution is -2.34. The van der Waals surface area contributed by atoms with E-state index in [1.54, 1.807) is 6.07 Å². The first kappa shape index (κ1) is 12.8. The molecule has 1 fully saturated rings. The van der Waals surface area contributed by atoms with Gasteiger partial charge in [0.1, 0.15) is 4.88 Å². The standard InChI is InChI=1S/C12H9Cl2N3OS/c13-8-2-1-7(5-9(8)14)12(3-4-12)16-11(18)10-6-15-17-19-10/h1-2,5-6H,3-4H2,(H,16,18). The van der Waals surface area contributed by atoms with E-state index >= 15 is 0 Å². The normalized spacial score (nSPS) is 16.1. The summed E-state index contributed by atoms with van der Waals surface area (Å²) in [6.07, 6.45) is 3.25. The van der Waals surface area contributed by atoms with E-state index < -0.39 is 0 Å². The molecule has 1 amide bonds. The van der Waals surface area contributed by atoms with Gasteiger partial charge in [0, 0.05) is 0 Å². The molecule has 4 nitrogen and oxygen atoms in total. The molecule has 1 aliphatic carbocycles. The third kappa shape index (κ3) is 2.45. The Bertz CT molecular complexity index is 626. The third-order valence-corrected chi connectivity index (χ3v) is 4.56. The van der Waals surface area contributed by atoms with Gasteiger partial charge in [0.05, 0.1) is 21.8 Å². The number of amides is 1. The molecule has 1 aromatic carbocycles. The quantitative estimate of drug-likeness (QED) is 0.946. The molecule has 0 unspecified atom stereocenters. The van der Waals surface area contributed by atoms with Crippen molar-refractivity contribution in [3.05, 3.63) is 44.9 Å². The number of aromatic nitrogens is 2. The lowest BCUT2D eigenvalue weighted by Gasteiger charge is -2.17. The Morgan fingerprint density at radius 1 is 1.32 bits per heavy atom. The van der Waals surface area contributed by atoms with Crippen molar-refractivity contribution in [1.29, 1.82) is 0 Å². The van der Waals surface area contributed by atoms with E-state index in [0.717, 1.165) is 29.9 Å². The van der Waals surface area contributed by atoms with Gasteiger partial charge in [0.15, 0.2) is 0 Å². The van der Waals surface area contributed by atoms with Gasteiger partial charge in [-0.25, -0.2) is 0 Å². The number of rotatable bonds is 3. The van der Waals surface area contributed by atoms with E-state index in [0.29, 0.717) is 14.9 Å². The average molecular weight is 314 g/mol. The van der Waals surface area contributed by atoms with Crippen molar-refractivity contribution in [3.63, 3.8) is 0 Å². The SMILES string of the molecule is O=C(NC1(c2ccc(Cl)c(Cl)c2)CC1)c1cnns1. The number of nitrogens with one attached hydrogen (secondary N) is 1. The summed E-state index contributed by atoms with van der Waals surface area (Å²) in [5.74, 6) is -0.154. The maximum atomic E-state index is 12.0. The summed E-state index contributed by atoms with van der Waals surface area (Å²) in [5, 5.41) is 7.70. The smallest absolute Gasteiger partial charge is 0.265 e. The third-order valence-electron chi connectivity index (χ3n) is 3.16. The fourth-order valence-electron chi connectivity index (χ4n) is 1.95. The molecule has 1 aliphatic rings. The lowest BCUT2D eigenvalue weighted by molar-refractivity contribution is 0.0935. The second-order valence-electron chi connectivity index (χ2n) is 4.45. The van der Waals surface area contributed by atoms with Crippen LogP contribution < -0.4 is 5.32 Å². The zero-order chi connectivity index (χ0) is 13.5. The molecule has 1 N–H and O–H groups in total. The van der Waals surface area contributed by atoms with Crippen molar-refractivity contribution in [1.82, 2.24) is 14.9 Å². The molecule has 0 radical (unpaired) electrons. The number of carbonyl (C=O) groups excluding carboxylic acids is 1. The zero-order valence-corrected chi connectivity index (χ0v) is 12.0. The molecule has 19 heavy (non-hydrogen) atoms. The largest absolute Gasteiger partial charge is 0.342 e. The highest BCUT2D eigenvalue weighted by Crippen LogP contribution is 2.46. The van der Waals surface area contributed by atoms with Crippen LogP contribution in [0.15, 0.2) is 24.4 Å². The molecular formula is C12H9Cl2N3OS. The minimum Gasteiger partial charge on any atom is -0.342 e. The van der Waals surface area contributed by atoms with E-state index in [4.69, 9.17) is 23.2 Å². The maximum Gasteiger partial charge on any atom is 0.265 e. The highest BCUT2D eigenvalue weighted by molar-refractivity contribution is 7.07. The molecule has 98 valence electrons. The molecule has 0 spiro atoms. The summed E-state index contributed by atoms with van der Waals surface area (Å²) in [4.78, 5) is 12.6. The fourth-order valence-corrected chi connectivity index (χ4v) is 2.66. The summed E-state index contributed by atoms with van der Waals surface area (Å²) < 4.78 is 3.68. The van der Waals surface area contributed by atoms with Gasteiger partial charge in [-0.05, 0) is 42.1 Å². The van der Waals surface area contributed by atoms with Crippen molar-refractivity contribution in [2.24, 2.45) is 0 Å². The zero-order valence-electron chi connectivity index (χ0n) is 9.69. The van der Waals surface area contributed by atoms with E-state index in [1.165, 1.54) is 6.20 Å². The van der Waals surface area contributed by atoms with Crippen LogP contribution in [0.2, 0.25) is 10.0 Å². The van der Waals surface area contributed by atoms with Crippen molar-refractivity contribution >= 4 is 40.6 Å². The maximum absolute atomic E-state index is 12.0. The van der Waals surface area contributed by atoms with Crippen LogP contribution >= 0.6 is 34.7 Å². The summed E-state index contributed by atoms with van der Waals surface area (Å²) >= 11 is 13.0. The predicted molar refractivity (Wildman–Crippen MR) is 74.7 cm³/mol. The highest BCUT2D eigenvalue weighted by Gasteiger charge is 2.46. The molecule has 0 saturated heterocycles. The van der Waals surface area contributed by atoms with Crippen molar-refractivity contribution in [2.45, 2.75) is 18.4 Å². The van der Waals surface area contributed by atoms with Crippen LogP contribution in [0, 0.1) is 0 Å². The minimum absolute atomic E-state index is 0.154. The van der Waals surface area contributed by atoms with Gasteiger partial charge in [0.25, 0.3) is 5.91 Å². The molecule has 3 rings (SSSR count). The van der Waals surface area contributed by atoms with Gasteiger partial charge < -0.3 is 5.32 Å². The second kappa shape index (κ2) is 4.74. The molecule has 1 aromatic heterocycles. The number of benzene rings is 1. The van der Waals surface area contributed by atoms with Crippen LogP contribution in [0.5, 0.6) is 0 Å². The number of hydrogen-bond donors (Lipinski definition) is 1. The van der Waals surface area contributed by atoms with E-state index in [9.17, 15) is 4.79 Å². The van der Waals surface area contributed by atoms with Crippen LogP contribution in [0.1, 0.15) is 28.1 Å². The van der Waals surface area contributed by atoms with Gasteiger partial charge in [-0.15, -0.1) is 5.10 Å².